The molecule has 0 saturated carbocycles. The van der Waals surface area contributed by atoms with Crippen LogP contribution in [-0.4, -0.2) is 12.1 Å². The third-order valence-corrected chi connectivity index (χ3v) is 2.75. The molecule has 1 aromatic carbocycles. The first-order valence-electron chi connectivity index (χ1n) is 5.82. The summed E-state index contributed by atoms with van der Waals surface area (Å²) in [6.45, 7) is 2.08. The Labute approximate surface area is 107 Å². The maximum atomic E-state index is 5.64. The highest BCUT2D eigenvalue weighted by Gasteiger charge is 2.06. The monoisotopic (exact) mass is 243 g/mol. The molecule has 1 atom stereocenters. The molecule has 0 aliphatic rings. The van der Waals surface area contributed by atoms with Gasteiger partial charge in [0, 0.05) is 6.04 Å². The van der Waals surface area contributed by atoms with Crippen LogP contribution in [0.2, 0.25) is 0 Å². The van der Waals surface area contributed by atoms with Crippen LogP contribution in [0.3, 0.4) is 0 Å². The molecule has 0 aliphatic carbocycles. The lowest BCUT2D eigenvalue weighted by Gasteiger charge is -2.15. The van der Waals surface area contributed by atoms with Crippen LogP contribution < -0.4 is 15.8 Å². The first-order chi connectivity index (χ1) is 8.69. The number of nitrogen functional groups attached to an aromatic ring is 1. The van der Waals surface area contributed by atoms with Crippen molar-refractivity contribution in [2.24, 2.45) is 0 Å². The van der Waals surface area contributed by atoms with Crippen LogP contribution in [0, 0.1) is 0 Å². The number of nitrogens with one attached hydrogen (secondary N) is 1. The number of nitrogens with two attached hydrogens (primary N) is 1. The quantitative estimate of drug-likeness (QED) is 0.866. The highest BCUT2D eigenvalue weighted by molar-refractivity contribution is 5.44. The van der Waals surface area contributed by atoms with Gasteiger partial charge in [0.05, 0.1) is 7.11 Å². The second-order valence-corrected chi connectivity index (χ2v) is 4.09. The molecule has 0 amide bonds. The minimum absolute atomic E-state index is 0.158. The van der Waals surface area contributed by atoms with Gasteiger partial charge in [-0.15, -0.1) is 0 Å². The third kappa shape index (κ3) is 2.91. The van der Waals surface area contributed by atoms with Gasteiger partial charge in [0.1, 0.15) is 17.4 Å². The fraction of sp³-hybridized carbons (Fsp3) is 0.214. The summed E-state index contributed by atoms with van der Waals surface area (Å²) in [6.07, 6.45) is 0. The first-order valence-corrected chi connectivity index (χ1v) is 5.82. The Morgan fingerprint density at radius 3 is 2.50 bits per heavy atom. The predicted molar refractivity (Wildman–Crippen MR) is 73.7 cm³/mol. The Kier molecular flexibility index (Phi) is 3.67. The number of rotatable bonds is 4. The Morgan fingerprint density at radius 1 is 1.17 bits per heavy atom. The van der Waals surface area contributed by atoms with Gasteiger partial charge < -0.3 is 15.8 Å². The molecule has 2 aromatic rings. The van der Waals surface area contributed by atoms with Crippen LogP contribution in [-0.2, 0) is 0 Å². The van der Waals surface area contributed by atoms with E-state index < -0.39 is 0 Å². The molecule has 0 saturated heterocycles. The van der Waals surface area contributed by atoms with Gasteiger partial charge >= 0.3 is 0 Å². The molecule has 1 unspecified atom stereocenters. The van der Waals surface area contributed by atoms with E-state index in [2.05, 4.69) is 17.2 Å². The van der Waals surface area contributed by atoms with Crippen LogP contribution >= 0.6 is 0 Å². The molecule has 94 valence electrons. The van der Waals surface area contributed by atoms with E-state index in [1.807, 2.05) is 36.4 Å². The summed E-state index contributed by atoms with van der Waals surface area (Å²) in [6, 6.07) is 13.7. The molecule has 1 aromatic heterocycles. The van der Waals surface area contributed by atoms with E-state index in [1.54, 1.807) is 13.2 Å². The summed E-state index contributed by atoms with van der Waals surface area (Å²) in [7, 11) is 1.66. The molecule has 4 heteroatoms. The van der Waals surface area contributed by atoms with Gasteiger partial charge in [0.15, 0.2) is 0 Å². The number of hydrogen-bond donors (Lipinski definition) is 2. The summed E-state index contributed by atoms with van der Waals surface area (Å²) < 4.78 is 5.13. The maximum absolute atomic E-state index is 5.64. The standard InChI is InChI=1S/C14H17N3O/c1-10(11-6-8-12(18-2)9-7-11)16-14-5-3-4-13(15)17-14/h3-10H,1-2H3,(H3,15,16,17). The van der Waals surface area contributed by atoms with Crippen molar-refractivity contribution >= 4 is 11.6 Å². The molecule has 0 bridgehead atoms. The summed E-state index contributed by atoms with van der Waals surface area (Å²) in [5.74, 6) is 2.15. The highest BCUT2D eigenvalue weighted by Crippen LogP contribution is 2.20. The summed E-state index contributed by atoms with van der Waals surface area (Å²) in [5, 5.41) is 3.30. The number of pyridine rings is 1. The van der Waals surface area contributed by atoms with Crippen molar-refractivity contribution in [3.8, 4) is 5.75 Å². The molecule has 3 N–H and O–H groups in total. The number of methoxy groups -OCH3 is 1. The number of anilines is 2. The molecule has 4 nitrogen and oxygen atoms in total. The lowest BCUT2D eigenvalue weighted by atomic mass is 10.1. The summed E-state index contributed by atoms with van der Waals surface area (Å²) in [5.41, 5.74) is 6.81. The lowest BCUT2D eigenvalue weighted by molar-refractivity contribution is 0.414. The van der Waals surface area contributed by atoms with Gasteiger partial charge in [-0.2, -0.15) is 0 Å². The molecule has 1 heterocycles. The average molecular weight is 243 g/mol. The average Bonchev–Trinajstić information content (AvgIpc) is 2.39. The smallest absolute Gasteiger partial charge is 0.128 e. The molecule has 18 heavy (non-hydrogen) atoms. The minimum atomic E-state index is 0.158. The van der Waals surface area contributed by atoms with E-state index in [4.69, 9.17) is 10.5 Å². The molecule has 0 aliphatic heterocycles. The lowest BCUT2D eigenvalue weighted by Crippen LogP contribution is -2.08. The van der Waals surface area contributed by atoms with Crippen LogP contribution in [0.1, 0.15) is 18.5 Å². The van der Waals surface area contributed by atoms with Gasteiger partial charge in [-0.3, -0.25) is 0 Å². The molecule has 0 spiro atoms. The van der Waals surface area contributed by atoms with E-state index in [-0.39, 0.29) is 6.04 Å². The molecule has 2 rings (SSSR count). The van der Waals surface area contributed by atoms with E-state index in [0.717, 1.165) is 11.6 Å². The number of ether oxygens (including phenoxy) is 1. The van der Waals surface area contributed by atoms with Gasteiger partial charge in [0.25, 0.3) is 0 Å². The third-order valence-electron chi connectivity index (χ3n) is 2.75. The maximum Gasteiger partial charge on any atom is 0.128 e. The Hall–Kier alpha value is -2.23. The van der Waals surface area contributed by atoms with Gasteiger partial charge in [-0.25, -0.2) is 4.98 Å². The predicted octanol–water partition coefficient (Wildman–Crippen LogP) is 2.85. The Morgan fingerprint density at radius 2 is 1.89 bits per heavy atom. The molecule has 0 radical (unpaired) electrons. The van der Waals surface area contributed by atoms with Crippen LogP contribution in [0.4, 0.5) is 11.6 Å². The topological polar surface area (TPSA) is 60.2 Å². The van der Waals surface area contributed by atoms with E-state index >= 15 is 0 Å². The number of aromatic nitrogens is 1. The zero-order valence-electron chi connectivity index (χ0n) is 10.6. The summed E-state index contributed by atoms with van der Waals surface area (Å²) in [4.78, 5) is 4.21. The first kappa shape index (κ1) is 12.2. The molecule has 0 fully saturated rings. The fourth-order valence-corrected chi connectivity index (χ4v) is 1.73. The van der Waals surface area contributed by atoms with Crippen molar-refractivity contribution < 1.29 is 4.74 Å². The number of benzene rings is 1. The van der Waals surface area contributed by atoms with Gasteiger partial charge in [0.2, 0.25) is 0 Å². The Bertz CT molecular complexity index is 511. The summed E-state index contributed by atoms with van der Waals surface area (Å²) >= 11 is 0. The zero-order valence-corrected chi connectivity index (χ0v) is 10.6. The molecular formula is C14H17N3O. The highest BCUT2D eigenvalue weighted by atomic mass is 16.5. The normalized spacial score (nSPS) is 11.9. The SMILES string of the molecule is COc1ccc(C(C)Nc2cccc(N)n2)cc1. The van der Waals surface area contributed by atoms with Crippen LogP contribution in [0.25, 0.3) is 0 Å². The zero-order chi connectivity index (χ0) is 13.0. The second kappa shape index (κ2) is 5.40. The van der Waals surface area contributed by atoms with Crippen molar-refractivity contribution in [3.63, 3.8) is 0 Å². The van der Waals surface area contributed by atoms with Crippen molar-refractivity contribution in [2.75, 3.05) is 18.2 Å². The largest absolute Gasteiger partial charge is 0.497 e. The number of hydrogen-bond acceptors (Lipinski definition) is 4. The minimum Gasteiger partial charge on any atom is -0.497 e. The van der Waals surface area contributed by atoms with E-state index in [1.165, 1.54) is 5.56 Å². The van der Waals surface area contributed by atoms with Crippen LogP contribution in [0.15, 0.2) is 42.5 Å². The van der Waals surface area contributed by atoms with Crippen molar-refractivity contribution in [3.05, 3.63) is 48.0 Å². The second-order valence-electron chi connectivity index (χ2n) is 4.09. The van der Waals surface area contributed by atoms with Crippen molar-refractivity contribution in [1.82, 2.24) is 4.98 Å². The number of nitrogens with zero attached hydrogens (tertiary/aromatic N) is 1. The Balaban J connectivity index is 2.09. The van der Waals surface area contributed by atoms with Crippen LogP contribution in [0.5, 0.6) is 5.75 Å². The molecular weight excluding hydrogens is 226 g/mol. The van der Waals surface area contributed by atoms with E-state index in [0.29, 0.717) is 5.82 Å². The fourth-order valence-electron chi connectivity index (χ4n) is 1.73. The van der Waals surface area contributed by atoms with Gasteiger partial charge in [-0.05, 0) is 36.8 Å². The van der Waals surface area contributed by atoms with Crippen molar-refractivity contribution in [2.45, 2.75) is 13.0 Å². The van der Waals surface area contributed by atoms with E-state index in [9.17, 15) is 0 Å². The van der Waals surface area contributed by atoms with Crippen molar-refractivity contribution in [1.29, 1.82) is 0 Å². The van der Waals surface area contributed by atoms with Gasteiger partial charge in [-0.1, -0.05) is 18.2 Å².